The molecule has 1 N–H and O–H groups in total. The van der Waals surface area contributed by atoms with Crippen LogP contribution in [0.5, 0.6) is 0 Å². The molecule has 0 unspecified atom stereocenters. The van der Waals surface area contributed by atoms with Gasteiger partial charge in [-0.2, -0.15) is 0 Å². The second kappa shape index (κ2) is 7.19. The van der Waals surface area contributed by atoms with Crippen LogP contribution >= 0.6 is 0 Å². The van der Waals surface area contributed by atoms with Crippen molar-refractivity contribution in [1.29, 1.82) is 0 Å². The van der Waals surface area contributed by atoms with Crippen molar-refractivity contribution in [1.82, 2.24) is 10.2 Å². The average molecular weight is 340 g/mol. The zero-order valence-electron chi connectivity index (χ0n) is 15.0. The zero-order valence-corrected chi connectivity index (χ0v) is 15.0. The predicted octanol–water partition coefficient (Wildman–Crippen LogP) is 2.86. The van der Waals surface area contributed by atoms with Crippen molar-refractivity contribution in [2.45, 2.75) is 26.2 Å². The summed E-state index contributed by atoms with van der Waals surface area (Å²) in [5, 5.41) is 11.1. The van der Waals surface area contributed by atoms with Crippen LogP contribution < -0.4 is 10.2 Å². The van der Waals surface area contributed by atoms with Crippen molar-refractivity contribution in [2.75, 3.05) is 36.5 Å². The minimum Gasteiger partial charge on any atom is -0.378 e. The number of ether oxygens (including phenoxy) is 1. The van der Waals surface area contributed by atoms with Crippen LogP contribution in [0.4, 0.5) is 11.5 Å². The van der Waals surface area contributed by atoms with E-state index in [9.17, 15) is 4.79 Å². The molecule has 0 aliphatic carbocycles. The summed E-state index contributed by atoms with van der Waals surface area (Å²) in [6, 6.07) is 11.4. The molecule has 1 aromatic carbocycles. The Labute approximate surface area is 148 Å². The maximum atomic E-state index is 12.3. The van der Waals surface area contributed by atoms with Gasteiger partial charge in [0.05, 0.1) is 13.2 Å². The fraction of sp³-hybridized carbons (Fsp3) is 0.421. The van der Waals surface area contributed by atoms with Crippen molar-refractivity contribution >= 4 is 17.4 Å². The van der Waals surface area contributed by atoms with Crippen LogP contribution in [0.3, 0.4) is 0 Å². The highest BCUT2D eigenvalue weighted by Gasteiger charge is 2.16. The van der Waals surface area contributed by atoms with Crippen molar-refractivity contribution < 1.29 is 9.53 Å². The first-order valence-electron chi connectivity index (χ1n) is 8.52. The maximum Gasteiger partial charge on any atom is 0.276 e. The van der Waals surface area contributed by atoms with Crippen LogP contribution in [-0.2, 0) is 10.2 Å². The number of amides is 1. The molecule has 6 heteroatoms. The molecule has 1 fully saturated rings. The van der Waals surface area contributed by atoms with Crippen molar-refractivity contribution in [2.24, 2.45) is 0 Å². The summed E-state index contributed by atoms with van der Waals surface area (Å²) in [4.78, 5) is 14.4. The summed E-state index contributed by atoms with van der Waals surface area (Å²) in [6.45, 7) is 9.44. The number of carbonyl (C=O) groups is 1. The molecule has 0 radical (unpaired) electrons. The maximum absolute atomic E-state index is 12.3. The molecule has 1 aliphatic heterocycles. The summed E-state index contributed by atoms with van der Waals surface area (Å²) in [6.07, 6.45) is 0. The molecule has 2 heterocycles. The highest BCUT2D eigenvalue weighted by Crippen LogP contribution is 2.23. The van der Waals surface area contributed by atoms with Crippen LogP contribution in [0.25, 0.3) is 0 Å². The highest BCUT2D eigenvalue weighted by molar-refractivity contribution is 6.02. The summed E-state index contributed by atoms with van der Waals surface area (Å²) in [7, 11) is 0. The number of aromatic nitrogens is 2. The molecular formula is C19H24N4O2. The Hall–Kier alpha value is -2.47. The number of hydrogen-bond donors (Lipinski definition) is 1. The van der Waals surface area contributed by atoms with Crippen LogP contribution in [0.2, 0.25) is 0 Å². The summed E-state index contributed by atoms with van der Waals surface area (Å²) >= 11 is 0. The molecule has 1 aliphatic rings. The van der Waals surface area contributed by atoms with Gasteiger partial charge in [-0.3, -0.25) is 4.79 Å². The molecule has 0 saturated carbocycles. The fourth-order valence-electron chi connectivity index (χ4n) is 2.66. The van der Waals surface area contributed by atoms with E-state index >= 15 is 0 Å². The fourth-order valence-corrected chi connectivity index (χ4v) is 2.66. The van der Waals surface area contributed by atoms with Crippen molar-refractivity contribution in [3.05, 3.63) is 47.7 Å². The largest absolute Gasteiger partial charge is 0.378 e. The van der Waals surface area contributed by atoms with E-state index < -0.39 is 0 Å². The van der Waals surface area contributed by atoms with E-state index in [2.05, 4.69) is 41.2 Å². The molecule has 0 bridgehead atoms. The number of rotatable bonds is 3. The first-order chi connectivity index (χ1) is 11.9. The third-order valence-corrected chi connectivity index (χ3v) is 4.23. The Morgan fingerprint density at radius 3 is 2.28 bits per heavy atom. The Morgan fingerprint density at radius 2 is 1.72 bits per heavy atom. The number of benzene rings is 1. The Kier molecular flexibility index (Phi) is 4.99. The first-order valence-corrected chi connectivity index (χ1v) is 8.52. The zero-order chi connectivity index (χ0) is 17.9. The topological polar surface area (TPSA) is 67.4 Å². The molecule has 1 saturated heterocycles. The molecule has 0 atom stereocenters. The van der Waals surface area contributed by atoms with Gasteiger partial charge in [-0.1, -0.05) is 32.9 Å². The average Bonchev–Trinajstić information content (AvgIpc) is 2.62. The molecule has 1 amide bonds. The number of carbonyl (C=O) groups excluding carboxylic acids is 1. The van der Waals surface area contributed by atoms with E-state index in [-0.39, 0.29) is 11.3 Å². The molecule has 25 heavy (non-hydrogen) atoms. The summed E-state index contributed by atoms with van der Waals surface area (Å²) in [5.41, 5.74) is 2.36. The van der Waals surface area contributed by atoms with Gasteiger partial charge in [-0.15, -0.1) is 10.2 Å². The number of anilines is 2. The van der Waals surface area contributed by atoms with Crippen molar-refractivity contribution in [3.63, 3.8) is 0 Å². The molecule has 2 aromatic rings. The normalized spacial score (nSPS) is 15.1. The van der Waals surface area contributed by atoms with E-state index in [0.717, 1.165) is 24.6 Å². The lowest BCUT2D eigenvalue weighted by atomic mass is 9.87. The molecule has 6 nitrogen and oxygen atoms in total. The molecule has 1 aromatic heterocycles. The quantitative estimate of drug-likeness (QED) is 0.930. The molecule has 132 valence electrons. The van der Waals surface area contributed by atoms with E-state index in [1.54, 1.807) is 6.07 Å². The predicted molar refractivity (Wildman–Crippen MR) is 98.2 cm³/mol. The lowest BCUT2D eigenvalue weighted by Gasteiger charge is -2.27. The Morgan fingerprint density at radius 1 is 1.04 bits per heavy atom. The van der Waals surface area contributed by atoms with Crippen LogP contribution in [0.1, 0.15) is 36.8 Å². The lowest BCUT2D eigenvalue weighted by molar-refractivity contribution is 0.102. The van der Waals surface area contributed by atoms with Crippen LogP contribution in [-0.4, -0.2) is 42.4 Å². The number of nitrogens with zero attached hydrogens (tertiary/aromatic N) is 3. The van der Waals surface area contributed by atoms with Gasteiger partial charge < -0.3 is 15.0 Å². The minimum absolute atomic E-state index is 0.0866. The minimum atomic E-state index is -0.260. The second-order valence-corrected chi connectivity index (χ2v) is 7.16. The summed E-state index contributed by atoms with van der Waals surface area (Å²) in [5.74, 6) is 0.513. The lowest BCUT2D eigenvalue weighted by Crippen LogP contribution is -2.37. The molecular weight excluding hydrogens is 316 g/mol. The molecule has 0 spiro atoms. The van der Waals surface area contributed by atoms with Crippen LogP contribution in [0, 0.1) is 0 Å². The van der Waals surface area contributed by atoms with Gasteiger partial charge in [0.15, 0.2) is 11.5 Å². The Balaban J connectivity index is 1.64. The van der Waals surface area contributed by atoms with Gasteiger partial charge in [0.1, 0.15) is 0 Å². The number of hydrogen-bond acceptors (Lipinski definition) is 5. The van der Waals surface area contributed by atoms with E-state index in [1.165, 1.54) is 5.56 Å². The van der Waals surface area contributed by atoms with Gasteiger partial charge in [-0.05, 0) is 35.2 Å². The standard InChI is InChI=1S/C19H24N4O2/c1-19(2,3)14-4-6-15(7-5-14)20-18(24)16-8-9-17(22-21-16)23-10-12-25-13-11-23/h4-9H,10-13H2,1-3H3,(H,20,24). The van der Waals surface area contributed by atoms with E-state index in [0.29, 0.717) is 18.9 Å². The number of nitrogens with one attached hydrogen (secondary N) is 1. The van der Waals surface area contributed by atoms with E-state index in [1.807, 2.05) is 30.3 Å². The van der Waals surface area contributed by atoms with Gasteiger partial charge in [0.25, 0.3) is 5.91 Å². The number of morpholine rings is 1. The molecule has 3 rings (SSSR count). The Bertz CT molecular complexity index is 715. The van der Waals surface area contributed by atoms with Gasteiger partial charge >= 0.3 is 0 Å². The van der Waals surface area contributed by atoms with Crippen molar-refractivity contribution in [3.8, 4) is 0 Å². The van der Waals surface area contributed by atoms with Gasteiger partial charge in [0, 0.05) is 18.8 Å². The SMILES string of the molecule is CC(C)(C)c1ccc(NC(=O)c2ccc(N3CCOCC3)nn2)cc1. The summed E-state index contributed by atoms with van der Waals surface area (Å²) < 4.78 is 5.32. The van der Waals surface area contributed by atoms with E-state index in [4.69, 9.17) is 4.74 Å². The van der Waals surface area contributed by atoms with Crippen LogP contribution in [0.15, 0.2) is 36.4 Å². The third kappa shape index (κ3) is 4.33. The van der Waals surface area contributed by atoms with Gasteiger partial charge in [0.2, 0.25) is 0 Å². The smallest absolute Gasteiger partial charge is 0.276 e. The highest BCUT2D eigenvalue weighted by atomic mass is 16.5. The van der Waals surface area contributed by atoms with Gasteiger partial charge in [-0.25, -0.2) is 0 Å². The third-order valence-electron chi connectivity index (χ3n) is 4.23. The first kappa shape index (κ1) is 17.4. The monoisotopic (exact) mass is 340 g/mol. The second-order valence-electron chi connectivity index (χ2n) is 7.16.